The van der Waals surface area contributed by atoms with Crippen LogP contribution in [0.3, 0.4) is 0 Å². The zero-order valence-electron chi connectivity index (χ0n) is 11.2. The predicted octanol–water partition coefficient (Wildman–Crippen LogP) is 1.52. The summed E-state index contributed by atoms with van der Waals surface area (Å²) in [6, 6.07) is 9.05. The number of aliphatic hydroxyl groups is 1. The van der Waals surface area contributed by atoms with Crippen LogP contribution in [-0.2, 0) is 6.54 Å². The Kier molecular flexibility index (Phi) is 5.06. The van der Waals surface area contributed by atoms with E-state index in [4.69, 9.17) is 0 Å². The third-order valence-corrected chi connectivity index (χ3v) is 4.38. The SMILES string of the molecule is CSc1ccc(CN2CCN(C)[C@H](CO)C2)cc1. The molecule has 0 saturated carbocycles. The summed E-state index contributed by atoms with van der Waals surface area (Å²) in [7, 11) is 2.09. The van der Waals surface area contributed by atoms with Crippen LogP contribution in [0.5, 0.6) is 0 Å². The Hall–Kier alpha value is -0.550. The summed E-state index contributed by atoms with van der Waals surface area (Å²) in [6.07, 6.45) is 2.10. The molecule has 3 nitrogen and oxygen atoms in total. The predicted molar refractivity (Wildman–Crippen MR) is 77.0 cm³/mol. The minimum atomic E-state index is 0.248. The van der Waals surface area contributed by atoms with Gasteiger partial charge in [-0.2, -0.15) is 0 Å². The van der Waals surface area contributed by atoms with Crippen molar-refractivity contribution in [3.05, 3.63) is 29.8 Å². The Morgan fingerprint density at radius 2 is 2.00 bits per heavy atom. The highest BCUT2D eigenvalue weighted by Crippen LogP contribution is 2.17. The second-order valence-corrected chi connectivity index (χ2v) is 5.78. The average Bonchev–Trinajstić information content (AvgIpc) is 2.42. The van der Waals surface area contributed by atoms with Crippen molar-refractivity contribution in [2.24, 2.45) is 0 Å². The van der Waals surface area contributed by atoms with Crippen LogP contribution in [0.15, 0.2) is 29.2 Å². The van der Waals surface area contributed by atoms with E-state index in [1.807, 2.05) is 0 Å². The number of nitrogens with zero attached hydrogens (tertiary/aromatic N) is 2. The van der Waals surface area contributed by atoms with E-state index in [1.54, 1.807) is 11.8 Å². The molecule has 0 radical (unpaired) electrons. The first-order chi connectivity index (χ1) is 8.72. The molecule has 1 aliphatic heterocycles. The molecular formula is C14H22N2OS. The second kappa shape index (κ2) is 6.57. The maximum absolute atomic E-state index is 9.34. The Labute approximate surface area is 114 Å². The number of piperazine rings is 1. The van der Waals surface area contributed by atoms with E-state index < -0.39 is 0 Å². The molecule has 1 N–H and O–H groups in total. The van der Waals surface area contributed by atoms with E-state index in [0.717, 1.165) is 26.2 Å². The number of aliphatic hydroxyl groups excluding tert-OH is 1. The Morgan fingerprint density at radius 1 is 1.28 bits per heavy atom. The quantitative estimate of drug-likeness (QED) is 0.836. The fourth-order valence-corrected chi connectivity index (χ4v) is 2.75. The molecule has 18 heavy (non-hydrogen) atoms. The number of rotatable bonds is 4. The molecule has 1 atom stereocenters. The van der Waals surface area contributed by atoms with Crippen LogP contribution in [-0.4, -0.2) is 60.5 Å². The van der Waals surface area contributed by atoms with Crippen LogP contribution in [0.25, 0.3) is 0 Å². The van der Waals surface area contributed by atoms with E-state index in [1.165, 1.54) is 10.5 Å². The van der Waals surface area contributed by atoms with Gasteiger partial charge in [-0.3, -0.25) is 9.80 Å². The summed E-state index contributed by atoms with van der Waals surface area (Å²) < 4.78 is 0. The summed E-state index contributed by atoms with van der Waals surface area (Å²) in [5, 5.41) is 9.34. The van der Waals surface area contributed by atoms with Gasteiger partial charge in [-0.25, -0.2) is 0 Å². The van der Waals surface area contributed by atoms with Crippen molar-refractivity contribution in [2.75, 3.05) is 39.5 Å². The smallest absolute Gasteiger partial charge is 0.0599 e. The largest absolute Gasteiger partial charge is 0.395 e. The fourth-order valence-electron chi connectivity index (χ4n) is 2.34. The van der Waals surface area contributed by atoms with Crippen LogP contribution >= 0.6 is 11.8 Å². The van der Waals surface area contributed by atoms with Crippen LogP contribution < -0.4 is 0 Å². The lowest BCUT2D eigenvalue weighted by atomic mass is 10.1. The first-order valence-corrected chi connectivity index (χ1v) is 7.62. The van der Waals surface area contributed by atoms with Crippen LogP contribution in [0.2, 0.25) is 0 Å². The van der Waals surface area contributed by atoms with E-state index in [2.05, 4.69) is 47.4 Å². The van der Waals surface area contributed by atoms with E-state index in [-0.39, 0.29) is 12.6 Å². The third-order valence-electron chi connectivity index (χ3n) is 3.64. The maximum atomic E-state index is 9.34. The highest BCUT2D eigenvalue weighted by atomic mass is 32.2. The minimum Gasteiger partial charge on any atom is -0.395 e. The van der Waals surface area contributed by atoms with Crippen LogP contribution in [0, 0.1) is 0 Å². The topological polar surface area (TPSA) is 26.7 Å². The maximum Gasteiger partial charge on any atom is 0.0599 e. The minimum absolute atomic E-state index is 0.248. The molecule has 1 saturated heterocycles. The van der Waals surface area contributed by atoms with Gasteiger partial charge in [0.25, 0.3) is 0 Å². The van der Waals surface area contributed by atoms with Gasteiger partial charge in [0.2, 0.25) is 0 Å². The summed E-state index contributed by atoms with van der Waals surface area (Å²) >= 11 is 1.77. The van der Waals surface area contributed by atoms with Crippen molar-refractivity contribution in [1.29, 1.82) is 0 Å². The second-order valence-electron chi connectivity index (χ2n) is 4.90. The molecule has 1 heterocycles. The molecule has 0 spiro atoms. The number of thioether (sulfide) groups is 1. The van der Waals surface area contributed by atoms with Gasteiger partial charge >= 0.3 is 0 Å². The van der Waals surface area contributed by atoms with Gasteiger partial charge in [-0.1, -0.05) is 12.1 Å². The highest BCUT2D eigenvalue weighted by Gasteiger charge is 2.23. The van der Waals surface area contributed by atoms with E-state index >= 15 is 0 Å². The van der Waals surface area contributed by atoms with Crippen molar-refractivity contribution in [1.82, 2.24) is 9.80 Å². The lowest BCUT2D eigenvalue weighted by Crippen LogP contribution is -2.52. The Bertz CT molecular complexity index is 369. The number of benzene rings is 1. The average molecular weight is 266 g/mol. The number of hydrogen-bond donors (Lipinski definition) is 1. The normalized spacial score (nSPS) is 22.3. The monoisotopic (exact) mass is 266 g/mol. The molecule has 1 aromatic rings. The molecule has 0 amide bonds. The Balaban J connectivity index is 1.92. The van der Waals surface area contributed by atoms with Gasteiger partial charge in [-0.15, -0.1) is 11.8 Å². The molecule has 1 fully saturated rings. The molecule has 0 aliphatic carbocycles. The van der Waals surface area contributed by atoms with Crippen molar-refractivity contribution in [2.45, 2.75) is 17.5 Å². The fraction of sp³-hybridized carbons (Fsp3) is 0.571. The lowest BCUT2D eigenvalue weighted by Gasteiger charge is -2.38. The summed E-state index contributed by atoms with van der Waals surface area (Å²) in [4.78, 5) is 5.98. The molecule has 100 valence electrons. The zero-order chi connectivity index (χ0) is 13.0. The van der Waals surface area contributed by atoms with Crippen LogP contribution in [0.4, 0.5) is 0 Å². The first kappa shape index (κ1) is 13.9. The van der Waals surface area contributed by atoms with Gasteiger partial charge in [0.15, 0.2) is 0 Å². The van der Waals surface area contributed by atoms with E-state index in [9.17, 15) is 5.11 Å². The van der Waals surface area contributed by atoms with Gasteiger partial charge in [0, 0.05) is 37.1 Å². The molecule has 1 aromatic carbocycles. The van der Waals surface area contributed by atoms with Gasteiger partial charge in [-0.05, 0) is 31.0 Å². The third kappa shape index (κ3) is 3.48. The van der Waals surface area contributed by atoms with Crippen LogP contribution in [0.1, 0.15) is 5.56 Å². The number of hydrogen-bond acceptors (Lipinski definition) is 4. The van der Waals surface area contributed by atoms with Gasteiger partial charge < -0.3 is 5.11 Å². The van der Waals surface area contributed by atoms with Crippen molar-refractivity contribution >= 4 is 11.8 Å². The number of likely N-dealkylation sites (N-methyl/N-ethyl adjacent to an activating group) is 1. The summed E-state index contributed by atoms with van der Waals surface area (Å²) in [5.74, 6) is 0. The molecule has 0 aromatic heterocycles. The Morgan fingerprint density at radius 3 is 2.61 bits per heavy atom. The zero-order valence-corrected chi connectivity index (χ0v) is 12.0. The van der Waals surface area contributed by atoms with Gasteiger partial charge in [0.1, 0.15) is 0 Å². The molecule has 1 aliphatic rings. The molecule has 2 rings (SSSR count). The van der Waals surface area contributed by atoms with E-state index in [0.29, 0.717) is 0 Å². The molecule has 4 heteroatoms. The van der Waals surface area contributed by atoms with Crippen molar-refractivity contribution in [3.63, 3.8) is 0 Å². The summed E-state index contributed by atoms with van der Waals surface area (Å²) in [5.41, 5.74) is 1.36. The standard InChI is InChI=1S/C14H22N2OS/c1-15-7-8-16(10-13(15)11-17)9-12-3-5-14(18-2)6-4-12/h3-6,13,17H,7-11H2,1-2H3/t13-/m0/s1. The first-order valence-electron chi connectivity index (χ1n) is 6.39. The molecule has 0 bridgehead atoms. The van der Waals surface area contributed by atoms with Crippen molar-refractivity contribution in [3.8, 4) is 0 Å². The molecular weight excluding hydrogens is 244 g/mol. The highest BCUT2D eigenvalue weighted by molar-refractivity contribution is 7.98. The molecule has 0 unspecified atom stereocenters. The van der Waals surface area contributed by atoms with Crippen molar-refractivity contribution < 1.29 is 5.11 Å². The lowest BCUT2D eigenvalue weighted by molar-refractivity contribution is 0.0540. The van der Waals surface area contributed by atoms with Gasteiger partial charge in [0.05, 0.1) is 6.61 Å². The summed E-state index contributed by atoms with van der Waals surface area (Å²) in [6.45, 7) is 4.31.